The Balaban J connectivity index is 1.60. The molecule has 0 saturated carbocycles. The van der Waals surface area contributed by atoms with Gasteiger partial charge in [-0.05, 0) is 54.7 Å². The van der Waals surface area contributed by atoms with Crippen LogP contribution in [0.15, 0.2) is 47.1 Å². The fourth-order valence-corrected chi connectivity index (χ4v) is 4.34. The number of benzene rings is 1. The third-order valence-electron chi connectivity index (χ3n) is 5.08. The predicted octanol–water partition coefficient (Wildman–Crippen LogP) is 5.57. The first kappa shape index (κ1) is 19.0. The molecule has 0 unspecified atom stereocenters. The van der Waals surface area contributed by atoms with Gasteiger partial charge < -0.3 is 9.15 Å². The number of furan rings is 1. The molecule has 0 fully saturated rings. The van der Waals surface area contributed by atoms with Crippen LogP contribution in [0.1, 0.15) is 45.9 Å². The first-order valence-electron chi connectivity index (χ1n) is 9.50. The van der Waals surface area contributed by atoms with Crippen LogP contribution in [0.5, 0.6) is 0 Å². The van der Waals surface area contributed by atoms with E-state index in [1.54, 1.807) is 6.26 Å². The highest BCUT2D eigenvalue weighted by atomic mass is 35.5. The molecule has 0 bridgehead atoms. The molecule has 1 aliphatic rings. The standard InChI is InChI=1S/C22H16ClN3O3S/c23-21-18(25-26-30-21)12-29-22(27)19-15-7-1-2-9-17(15)24-20-13(5-3-8-16(19)20)11-14-6-4-10-28-14/h1-2,4,6-7,9-11H,3,5,8,12H2/b13-11+. The molecule has 0 saturated heterocycles. The highest BCUT2D eigenvalue weighted by Crippen LogP contribution is 2.36. The number of carbonyl (C=O) groups excluding carboxylic acids is 1. The van der Waals surface area contributed by atoms with Gasteiger partial charge in [0.2, 0.25) is 0 Å². The van der Waals surface area contributed by atoms with Gasteiger partial charge in [-0.3, -0.25) is 0 Å². The van der Waals surface area contributed by atoms with Crippen molar-refractivity contribution in [2.75, 3.05) is 0 Å². The van der Waals surface area contributed by atoms with E-state index in [1.807, 2.05) is 42.5 Å². The molecule has 150 valence electrons. The lowest BCUT2D eigenvalue weighted by molar-refractivity contribution is 0.0468. The lowest BCUT2D eigenvalue weighted by Crippen LogP contribution is -2.15. The summed E-state index contributed by atoms with van der Waals surface area (Å²) >= 11 is 7.11. The molecule has 1 aliphatic carbocycles. The number of aromatic nitrogens is 3. The van der Waals surface area contributed by atoms with Crippen molar-refractivity contribution in [2.24, 2.45) is 0 Å². The van der Waals surface area contributed by atoms with Gasteiger partial charge in [0.15, 0.2) is 0 Å². The largest absolute Gasteiger partial charge is 0.465 e. The summed E-state index contributed by atoms with van der Waals surface area (Å²) in [6, 6.07) is 11.4. The van der Waals surface area contributed by atoms with Crippen LogP contribution in [0.25, 0.3) is 22.6 Å². The molecular weight excluding hydrogens is 422 g/mol. The Bertz CT molecular complexity index is 1260. The van der Waals surface area contributed by atoms with Gasteiger partial charge in [0.25, 0.3) is 0 Å². The summed E-state index contributed by atoms with van der Waals surface area (Å²) in [6.07, 6.45) is 6.18. The number of hydrogen-bond donors (Lipinski definition) is 0. The minimum Gasteiger partial charge on any atom is -0.465 e. The van der Waals surface area contributed by atoms with Crippen molar-refractivity contribution in [1.29, 1.82) is 0 Å². The summed E-state index contributed by atoms with van der Waals surface area (Å²) in [5.41, 5.74) is 4.56. The van der Waals surface area contributed by atoms with Crippen LogP contribution in [0.2, 0.25) is 4.34 Å². The molecule has 30 heavy (non-hydrogen) atoms. The third kappa shape index (κ3) is 3.51. The van der Waals surface area contributed by atoms with Gasteiger partial charge in [0.1, 0.15) is 22.4 Å². The maximum Gasteiger partial charge on any atom is 0.339 e. The number of allylic oxidation sites excluding steroid dienone is 1. The van der Waals surface area contributed by atoms with E-state index >= 15 is 0 Å². The predicted molar refractivity (Wildman–Crippen MR) is 115 cm³/mol. The lowest BCUT2D eigenvalue weighted by atomic mass is 9.86. The Morgan fingerprint density at radius 1 is 1.23 bits per heavy atom. The molecule has 0 atom stereocenters. The Kier molecular flexibility index (Phi) is 5.06. The number of fused-ring (bicyclic) bond motifs is 2. The molecule has 6 nitrogen and oxygen atoms in total. The van der Waals surface area contributed by atoms with Gasteiger partial charge in [0, 0.05) is 16.9 Å². The average molecular weight is 438 g/mol. The number of ether oxygens (including phenoxy) is 1. The molecule has 5 rings (SSSR count). The number of rotatable bonds is 4. The van der Waals surface area contributed by atoms with Gasteiger partial charge in [-0.15, -0.1) is 5.10 Å². The number of hydrogen-bond acceptors (Lipinski definition) is 7. The Morgan fingerprint density at radius 3 is 2.93 bits per heavy atom. The molecular formula is C22H16ClN3O3S. The van der Waals surface area contributed by atoms with E-state index in [-0.39, 0.29) is 6.61 Å². The summed E-state index contributed by atoms with van der Waals surface area (Å²) in [5.74, 6) is 0.357. The molecule has 0 radical (unpaired) electrons. The maximum atomic E-state index is 13.2. The molecule has 4 aromatic rings. The zero-order chi connectivity index (χ0) is 20.5. The fraction of sp³-hybridized carbons (Fsp3) is 0.182. The molecule has 3 heterocycles. The number of esters is 1. The number of halogens is 1. The van der Waals surface area contributed by atoms with Crippen LogP contribution in [-0.4, -0.2) is 20.5 Å². The second-order valence-corrected chi connectivity index (χ2v) is 8.30. The van der Waals surface area contributed by atoms with Gasteiger partial charge >= 0.3 is 5.97 Å². The highest BCUT2D eigenvalue weighted by Gasteiger charge is 2.26. The maximum absolute atomic E-state index is 13.2. The molecule has 3 aromatic heterocycles. The summed E-state index contributed by atoms with van der Waals surface area (Å²) in [5, 5.41) is 4.69. The molecule has 1 aromatic carbocycles. The van der Waals surface area contributed by atoms with Gasteiger partial charge in [-0.25, -0.2) is 9.78 Å². The topological polar surface area (TPSA) is 78.1 Å². The summed E-state index contributed by atoms with van der Waals surface area (Å²) < 4.78 is 15.3. The van der Waals surface area contributed by atoms with E-state index < -0.39 is 5.97 Å². The molecule has 0 amide bonds. The van der Waals surface area contributed by atoms with Crippen LogP contribution in [0.4, 0.5) is 0 Å². The zero-order valence-corrected chi connectivity index (χ0v) is 17.4. The zero-order valence-electron chi connectivity index (χ0n) is 15.8. The Morgan fingerprint density at radius 2 is 2.13 bits per heavy atom. The second kappa shape index (κ2) is 8.01. The highest BCUT2D eigenvalue weighted by molar-refractivity contribution is 7.10. The van der Waals surface area contributed by atoms with Crippen LogP contribution >= 0.6 is 23.1 Å². The van der Waals surface area contributed by atoms with Crippen LogP contribution in [-0.2, 0) is 17.8 Å². The number of para-hydroxylation sites is 1. The molecule has 0 aliphatic heterocycles. The normalized spacial score (nSPS) is 14.8. The van der Waals surface area contributed by atoms with E-state index in [0.29, 0.717) is 15.6 Å². The summed E-state index contributed by atoms with van der Waals surface area (Å²) in [7, 11) is 0. The first-order chi connectivity index (χ1) is 14.7. The van der Waals surface area contributed by atoms with Gasteiger partial charge in [-0.2, -0.15) is 0 Å². The first-order valence-corrected chi connectivity index (χ1v) is 10.7. The third-order valence-corrected chi connectivity index (χ3v) is 6.07. The molecule has 0 spiro atoms. The SMILES string of the molecule is O=C(OCc1nnsc1Cl)c1c2c(nc3ccccc13)/C(=C/c1ccco1)CCC2. The smallest absolute Gasteiger partial charge is 0.339 e. The van der Waals surface area contributed by atoms with Crippen molar-refractivity contribution in [1.82, 2.24) is 14.6 Å². The van der Waals surface area contributed by atoms with Crippen molar-refractivity contribution >= 4 is 51.7 Å². The monoisotopic (exact) mass is 437 g/mol. The van der Waals surface area contributed by atoms with E-state index in [4.69, 9.17) is 25.7 Å². The molecule has 0 N–H and O–H groups in total. The number of nitrogens with zero attached hydrogens (tertiary/aromatic N) is 3. The van der Waals surface area contributed by atoms with Crippen LogP contribution < -0.4 is 0 Å². The van der Waals surface area contributed by atoms with Crippen molar-refractivity contribution in [3.8, 4) is 0 Å². The van der Waals surface area contributed by atoms with E-state index in [1.165, 1.54) is 0 Å². The van der Waals surface area contributed by atoms with E-state index in [2.05, 4.69) is 9.59 Å². The minimum absolute atomic E-state index is 0.0192. The summed E-state index contributed by atoms with van der Waals surface area (Å²) in [6.45, 7) is -0.0192. The number of pyridine rings is 1. The van der Waals surface area contributed by atoms with Crippen LogP contribution in [0, 0.1) is 0 Å². The van der Waals surface area contributed by atoms with Crippen LogP contribution in [0.3, 0.4) is 0 Å². The van der Waals surface area contributed by atoms with Crippen molar-refractivity contribution in [2.45, 2.75) is 25.9 Å². The van der Waals surface area contributed by atoms with Crippen molar-refractivity contribution in [3.63, 3.8) is 0 Å². The average Bonchev–Trinajstić information content (AvgIpc) is 3.42. The van der Waals surface area contributed by atoms with E-state index in [9.17, 15) is 4.79 Å². The van der Waals surface area contributed by atoms with Crippen molar-refractivity contribution in [3.05, 3.63) is 75.3 Å². The Hall–Kier alpha value is -3.03. The van der Waals surface area contributed by atoms with Crippen molar-refractivity contribution < 1.29 is 13.9 Å². The Labute approximate surface area is 181 Å². The molecule has 8 heteroatoms. The lowest BCUT2D eigenvalue weighted by Gasteiger charge is -2.22. The summed E-state index contributed by atoms with van der Waals surface area (Å²) in [4.78, 5) is 18.1. The van der Waals surface area contributed by atoms with Gasteiger partial charge in [-0.1, -0.05) is 34.3 Å². The van der Waals surface area contributed by atoms with E-state index in [0.717, 1.165) is 64.3 Å². The minimum atomic E-state index is -0.409. The van der Waals surface area contributed by atoms with Gasteiger partial charge in [0.05, 0.1) is 23.0 Å². The number of carbonyl (C=O) groups is 1. The fourth-order valence-electron chi connectivity index (χ4n) is 3.74. The second-order valence-electron chi connectivity index (χ2n) is 6.94. The quantitative estimate of drug-likeness (QED) is 0.388.